The van der Waals surface area contributed by atoms with E-state index in [0.29, 0.717) is 12.5 Å². The number of hydrogen-bond donors (Lipinski definition) is 0. The van der Waals surface area contributed by atoms with Crippen LogP contribution in [-0.4, -0.2) is 16.6 Å². The van der Waals surface area contributed by atoms with Crippen molar-refractivity contribution in [1.29, 1.82) is 0 Å². The Morgan fingerprint density at radius 1 is 1.50 bits per heavy atom. The highest BCUT2D eigenvalue weighted by Gasteiger charge is 1.98. The Kier molecular flexibility index (Phi) is 3.47. The third-order valence-corrected chi connectivity index (χ3v) is 1.64. The van der Waals surface area contributed by atoms with E-state index < -0.39 is 0 Å². The quantitative estimate of drug-likeness (QED) is 0.749. The van der Waals surface area contributed by atoms with Gasteiger partial charge in [0.2, 0.25) is 5.88 Å². The molecule has 0 spiro atoms. The van der Waals surface area contributed by atoms with Gasteiger partial charge >= 0.3 is 0 Å². The zero-order chi connectivity index (χ0) is 8.97. The lowest BCUT2D eigenvalue weighted by Gasteiger charge is -2.03. The number of hydrogen-bond acceptors (Lipinski definition) is 3. The molecule has 0 amide bonds. The Morgan fingerprint density at radius 3 is 2.83 bits per heavy atom. The van der Waals surface area contributed by atoms with E-state index in [1.54, 1.807) is 6.07 Å². The lowest BCUT2D eigenvalue weighted by molar-refractivity contribution is 0.303. The standard InChI is InChI=1S/C8H11BrN2O/c1-3-4-12-8-5-7(9)10-6(2)11-8/h5H,3-4H2,1-2H3. The molecule has 0 atom stereocenters. The predicted molar refractivity (Wildman–Crippen MR) is 50.3 cm³/mol. The molecular formula is C8H11BrN2O. The van der Waals surface area contributed by atoms with Crippen LogP contribution >= 0.6 is 15.9 Å². The van der Waals surface area contributed by atoms with Crippen molar-refractivity contribution in [1.82, 2.24) is 9.97 Å². The summed E-state index contributed by atoms with van der Waals surface area (Å²) >= 11 is 3.27. The van der Waals surface area contributed by atoms with Gasteiger partial charge in [0, 0.05) is 6.07 Å². The monoisotopic (exact) mass is 230 g/mol. The minimum Gasteiger partial charge on any atom is -0.478 e. The molecule has 0 aliphatic rings. The maximum atomic E-state index is 5.34. The van der Waals surface area contributed by atoms with Crippen molar-refractivity contribution < 1.29 is 4.74 Å². The Labute approximate surface area is 80.3 Å². The van der Waals surface area contributed by atoms with E-state index in [4.69, 9.17) is 4.74 Å². The summed E-state index contributed by atoms with van der Waals surface area (Å²) in [5.74, 6) is 1.35. The minimum atomic E-state index is 0.635. The van der Waals surface area contributed by atoms with Crippen LogP contribution in [0.3, 0.4) is 0 Å². The number of nitrogens with zero attached hydrogens (tertiary/aromatic N) is 2. The summed E-state index contributed by atoms with van der Waals surface area (Å²) in [4.78, 5) is 8.18. The van der Waals surface area contributed by atoms with Crippen LogP contribution in [0.25, 0.3) is 0 Å². The first kappa shape index (κ1) is 9.45. The molecule has 0 bridgehead atoms. The zero-order valence-corrected chi connectivity index (χ0v) is 8.76. The van der Waals surface area contributed by atoms with Crippen LogP contribution in [0.5, 0.6) is 5.88 Å². The molecule has 3 nitrogen and oxygen atoms in total. The highest BCUT2D eigenvalue weighted by Crippen LogP contribution is 2.13. The molecule has 4 heteroatoms. The van der Waals surface area contributed by atoms with Crippen LogP contribution in [0.1, 0.15) is 19.2 Å². The van der Waals surface area contributed by atoms with Gasteiger partial charge in [0.15, 0.2) is 0 Å². The van der Waals surface area contributed by atoms with Crippen molar-refractivity contribution in [3.8, 4) is 5.88 Å². The van der Waals surface area contributed by atoms with Gasteiger partial charge in [0.1, 0.15) is 10.4 Å². The summed E-state index contributed by atoms with van der Waals surface area (Å²) in [5, 5.41) is 0. The first-order chi connectivity index (χ1) is 5.72. The largest absolute Gasteiger partial charge is 0.478 e. The van der Waals surface area contributed by atoms with E-state index >= 15 is 0 Å². The predicted octanol–water partition coefficient (Wildman–Crippen LogP) is 2.34. The summed E-state index contributed by atoms with van der Waals surface area (Å²) in [5.41, 5.74) is 0. The highest BCUT2D eigenvalue weighted by atomic mass is 79.9. The number of rotatable bonds is 3. The third kappa shape index (κ3) is 2.77. The van der Waals surface area contributed by atoms with Gasteiger partial charge in [0.25, 0.3) is 0 Å². The molecule has 0 fully saturated rings. The summed E-state index contributed by atoms with van der Waals surface area (Å²) < 4.78 is 6.10. The van der Waals surface area contributed by atoms with E-state index in [-0.39, 0.29) is 0 Å². The molecule has 0 aromatic carbocycles. The van der Waals surface area contributed by atoms with Crippen molar-refractivity contribution in [3.05, 3.63) is 16.5 Å². The Morgan fingerprint density at radius 2 is 2.25 bits per heavy atom. The Balaban J connectivity index is 2.72. The molecule has 0 radical (unpaired) electrons. The fraction of sp³-hybridized carbons (Fsp3) is 0.500. The molecule has 1 rings (SSSR count). The molecule has 0 N–H and O–H groups in total. The topological polar surface area (TPSA) is 35.0 Å². The van der Waals surface area contributed by atoms with Crippen molar-refractivity contribution >= 4 is 15.9 Å². The van der Waals surface area contributed by atoms with E-state index in [2.05, 4.69) is 32.8 Å². The summed E-state index contributed by atoms with van der Waals surface area (Å²) in [7, 11) is 0. The molecule has 1 heterocycles. The zero-order valence-electron chi connectivity index (χ0n) is 7.17. The van der Waals surface area contributed by atoms with E-state index in [1.165, 1.54) is 0 Å². The summed E-state index contributed by atoms with van der Waals surface area (Å²) in [6.45, 7) is 4.59. The van der Waals surface area contributed by atoms with Gasteiger partial charge in [-0.25, -0.2) is 4.98 Å². The lowest BCUT2D eigenvalue weighted by atomic mass is 10.5. The van der Waals surface area contributed by atoms with Gasteiger partial charge in [-0.2, -0.15) is 4.98 Å². The minimum absolute atomic E-state index is 0.635. The summed E-state index contributed by atoms with van der Waals surface area (Å²) in [6.07, 6.45) is 0.987. The average Bonchev–Trinajstić information content (AvgIpc) is 1.99. The van der Waals surface area contributed by atoms with E-state index in [0.717, 1.165) is 16.8 Å². The Bertz CT molecular complexity index is 245. The molecule has 66 valence electrons. The van der Waals surface area contributed by atoms with Crippen LogP contribution in [0, 0.1) is 6.92 Å². The SMILES string of the molecule is CCCOc1cc(Br)nc(C)n1. The smallest absolute Gasteiger partial charge is 0.217 e. The van der Waals surface area contributed by atoms with Gasteiger partial charge in [-0.05, 0) is 29.3 Å². The molecule has 0 saturated heterocycles. The molecule has 12 heavy (non-hydrogen) atoms. The molecule has 0 unspecified atom stereocenters. The Hall–Kier alpha value is -0.640. The molecule has 0 saturated carbocycles. The fourth-order valence-corrected chi connectivity index (χ4v) is 1.24. The van der Waals surface area contributed by atoms with Crippen LogP contribution in [-0.2, 0) is 0 Å². The fourth-order valence-electron chi connectivity index (χ4n) is 0.786. The maximum Gasteiger partial charge on any atom is 0.217 e. The number of aromatic nitrogens is 2. The number of aryl methyl sites for hydroxylation is 1. The lowest BCUT2D eigenvalue weighted by Crippen LogP contribution is -1.99. The van der Waals surface area contributed by atoms with Gasteiger partial charge in [-0.3, -0.25) is 0 Å². The van der Waals surface area contributed by atoms with Gasteiger partial charge in [-0.15, -0.1) is 0 Å². The van der Waals surface area contributed by atoms with Crippen molar-refractivity contribution in [2.45, 2.75) is 20.3 Å². The van der Waals surface area contributed by atoms with Crippen molar-refractivity contribution in [3.63, 3.8) is 0 Å². The molecule has 1 aromatic rings. The average molecular weight is 231 g/mol. The van der Waals surface area contributed by atoms with Gasteiger partial charge in [-0.1, -0.05) is 6.92 Å². The van der Waals surface area contributed by atoms with Crippen LogP contribution in [0.15, 0.2) is 10.7 Å². The van der Waals surface area contributed by atoms with Crippen LogP contribution in [0.4, 0.5) is 0 Å². The maximum absolute atomic E-state index is 5.34. The van der Waals surface area contributed by atoms with Crippen molar-refractivity contribution in [2.24, 2.45) is 0 Å². The van der Waals surface area contributed by atoms with Crippen LogP contribution < -0.4 is 4.74 Å². The first-order valence-electron chi connectivity index (χ1n) is 3.86. The molecular weight excluding hydrogens is 220 g/mol. The second-order valence-corrected chi connectivity index (χ2v) is 3.24. The normalized spacial score (nSPS) is 9.92. The van der Waals surface area contributed by atoms with E-state index in [9.17, 15) is 0 Å². The molecule has 1 aromatic heterocycles. The number of ether oxygens (including phenoxy) is 1. The highest BCUT2D eigenvalue weighted by molar-refractivity contribution is 9.10. The van der Waals surface area contributed by atoms with Crippen LogP contribution in [0.2, 0.25) is 0 Å². The van der Waals surface area contributed by atoms with E-state index in [1.807, 2.05) is 6.92 Å². The summed E-state index contributed by atoms with van der Waals surface area (Å²) in [6, 6.07) is 1.77. The van der Waals surface area contributed by atoms with Crippen molar-refractivity contribution in [2.75, 3.05) is 6.61 Å². The second kappa shape index (κ2) is 4.40. The number of halogens is 1. The molecule has 0 aliphatic carbocycles. The van der Waals surface area contributed by atoms with Gasteiger partial charge in [0.05, 0.1) is 6.61 Å². The second-order valence-electron chi connectivity index (χ2n) is 2.42. The first-order valence-corrected chi connectivity index (χ1v) is 4.65. The third-order valence-electron chi connectivity index (χ3n) is 1.24. The molecule has 0 aliphatic heterocycles. The van der Waals surface area contributed by atoms with Gasteiger partial charge < -0.3 is 4.74 Å².